The summed E-state index contributed by atoms with van der Waals surface area (Å²) in [7, 11) is 0. The van der Waals surface area contributed by atoms with Gasteiger partial charge in [-0.05, 0) is 36.5 Å². The summed E-state index contributed by atoms with van der Waals surface area (Å²) < 4.78 is 0. The van der Waals surface area contributed by atoms with Gasteiger partial charge in [0.05, 0.1) is 5.69 Å². The summed E-state index contributed by atoms with van der Waals surface area (Å²) in [4.78, 5) is 12.3. The molecule has 0 spiro atoms. The molecule has 138 valence electrons. The Morgan fingerprint density at radius 1 is 1.19 bits per heavy atom. The van der Waals surface area contributed by atoms with Crippen molar-refractivity contribution in [1.29, 1.82) is 0 Å². The minimum absolute atomic E-state index is 0.311. The average Bonchev–Trinajstić information content (AvgIpc) is 3.14. The summed E-state index contributed by atoms with van der Waals surface area (Å²) >= 11 is 5.31. The molecule has 3 rings (SSSR count). The largest absolute Gasteiger partial charge is 0.358 e. The van der Waals surface area contributed by atoms with E-state index in [1.165, 1.54) is 12.8 Å². The maximum Gasteiger partial charge on any atom is 0.287 e. The maximum atomic E-state index is 12.3. The van der Waals surface area contributed by atoms with Gasteiger partial charge in [0, 0.05) is 11.6 Å². The Bertz CT molecular complexity index is 760. The molecule has 1 aromatic carbocycles. The molecule has 1 aliphatic rings. The number of H-pyrrole nitrogens is 1. The first-order valence-electron chi connectivity index (χ1n) is 9.02. The predicted octanol–water partition coefficient (Wildman–Crippen LogP) is 3.01. The first-order valence-corrected chi connectivity index (χ1v) is 9.43. The van der Waals surface area contributed by atoms with Crippen molar-refractivity contribution in [3.8, 4) is 11.3 Å². The van der Waals surface area contributed by atoms with Gasteiger partial charge in [0.15, 0.2) is 5.11 Å². The van der Waals surface area contributed by atoms with Crippen LogP contribution >= 0.6 is 12.2 Å². The van der Waals surface area contributed by atoms with Gasteiger partial charge in [-0.3, -0.25) is 20.7 Å². The Morgan fingerprint density at radius 3 is 2.73 bits per heavy atom. The summed E-state index contributed by atoms with van der Waals surface area (Å²) in [6, 6.07) is 11.8. The number of carbonyl (C=O) groups is 1. The molecule has 1 amide bonds. The quantitative estimate of drug-likeness (QED) is 0.493. The van der Waals surface area contributed by atoms with E-state index in [9.17, 15) is 4.79 Å². The van der Waals surface area contributed by atoms with E-state index >= 15 is 0 Å². The Balaban J connectivity index is 1.51. The van der Waals surface area contributed by atoms with Gasteiger partial charge in [-0.1, -0.05) is 57.0 Å². The fraction of sp³-hybridized carbons (Fsp3) is 0.421. The van der Waals surface area contributed by atoms with Crippen LogP contribution in [0.2, 0.25) is 0 Å². The molecular weight excluding hydrogens is 346 g/mol. The second-order valence-corrected chi connectivity index (χ2v) is 7.37. The third-order valence-electron chi connectivity index (χ3n) is 5.20. The number of benzene rings is 1. The number of carbonyl (C=O) groups excluding carboxylic acids is 1. The van der Waals surface area contributed by atoms with Crippen molar-refractivity contribution in [3.63, 3.8) is 0 Å². The van der Waals surface area contributed by atoms with E-state index in [4.69, 9.17) is 12.2 Å². The van der Waals surface area contributed by atoms with E-state index < -0.39 is 0 Å². The minimum atomic E-state index is -0.311. The van der Waals surface area contributed by atoms with Crippen molar-refractivity contribution in [2.45, 2.75) is 39.2 Å². The SMILES string of the molecule is C[C@@H]1[C@H](C)CCC[C@H]1NC(=S)NNC(=O)c1cc(-c2ccccc2)n[nH]1. The second-order valence-electron chi connectivity index (χ2n) is 6.96. The normalized spacial score (nSPS) is 22.5. The summed E-state index contributed by atoms with van der Waals surface area (Å²) in [6.45, 7) is 4.53. The molecule has 2 aromatic rings. The number of hydrogen-bond acceptors (Lipinski definition) is 3. The van der Waals surface area contributed by atoms with Gasteiger partial charge in [0.1, 0.15) is 5.69 Å². The molecule has 3 atom stereocenters. The molecule has 1 heterocycles. The van der Waals surface area contributed by atoms with Crippen molar-refractivity contribution in [1.82, 2.24) is 26.4 Å². The van der Waals surface area contributed by atoms with Crippen LogP contribution < -0.4 is 16.2 Å². The lowest BCUT2D eigenvalue weighted by Crippen LogP contribution is -2.52. The number of aromatic nitrogens is 2. The van der Waals surface area contributed by atoms with E-state index in [1.54, 1.807) is 6.07 Å². The fourth-order valence-electron chi connectivity index (χ4n) is 3.37. The highest BCUT2D eigenvalue weighted by Crippen LogP contribution is 2.29. The van der Waals surface area contributed by atoms with E-state index in [2.05, 4.69) is 40.2 Å². The van der Waals surface area contributed by atoms with E-state index in [0.29, 0.717) is 28.7 Å². The molecule has 0 radical (unpaired) electrons. The third-order valence-corrected chi connectivity index (χ3v) is 5.42. The highest BCUT2D eigenvalue weighted by molar-refractivity contribution is 7.80. The van der Waals surface area contributed by atoms with Crippen LogP contribution in [0.15, 0.2) is 36.4 Å². The number of rotatable bonds is 3. The molecule has 1 aliphatic carbocycles. The highest BCUT2D eigenvalue weighted by atomic mass is 32.1. The van der Waals surface area contributed by atoms with Gasteiger partial charge in [-0.2, -0.15) is 5.10 Å². The van der Waals surface area contributed by atoms with Gasteiger partial charge >= 0.3 is 0 Å². The molecule has 0 bridgehead atoms. The molecule has 6 nitrogen and oxygen atoms in total. The predicted molar refractivity (Wildman–Crippen MR) is 106 cm³/mol. The monoisotopic (exact) mass is 371 g/mol. The number of amides is 1. The van der Waals surface area contributed by atoms with Gasteiger partial charge in [-0.15, -0.1) is 0 Å². The molecule has 0 unspecified atom stereocenters. The summed E-state index contributed by atoms with van der Waals surface area (Å²) in [6.07, 6.45) is 3.57. The smallest absolute Gasteiger partial charge is 0.287 e. The number of nitrogens with zero attached hydrogens (tertiary/aromatic N) is 1. The number of nitrogens with one attached hydrogen (secondary N) is 4. The van der Waals surface area contributed by atoms with Crippen LogP contribution in [0.5, 0.6) is 0 Å². The van der Waals surface area contributed by atoms with Gasteiger partial charge < -0.3 is 5.32 Å². The Kier molecular flexibility index (Phi) is 5.88. The zero-order chi connectivity index (χ0) is 18.5. The van der Waals surface area contributed by atoms with Crippen LogP contribution in [-0.4, -0.2) is 27.3 Å². The number of hydrazine groups is 1. The second kappa shape index (κ2) is 8.31. The molecule has 1 aromatic heterocycles. The Morgan fingerprint density at radius 2 is 1.96 bits per heavy atom. The molecular formula is C19H25N5OS. The fourth-order valence-corrected chi connectivity index (χ4v) is 3.57. The van der Waals surface area contributed by atoms with Gasteiger partial charge in [0.25, 0.3) is 5.91 Å². The van der Waals surface area contributed by atoms with Crippen molar-refractivity contribution >= 4 is 23.2 Å². The topological polar surface area (TPSA) is 81.8 Å². The van der Waals surface area contributed by atoms with E-state index in [1.807, 2.05) is 30.3 Å². The van der Waals surface area contributed by atoms with Crippen LogP contribution in [0.4, 0.5) is 0 Å². The molecule has 0 saturated heterocycles. The Labute approximate surface area is 159 Å². The van der Waals surface area contributed by atoms with Crippen molar-refractivity contribution in [3.05, 3.63) is 42.1 Å². The Hall–Kier alpha value is -2.41. The first-order chi connectivity index (χ1) is 12.5. The lowest BCUT2D eigenvalue weighted by Gasteiger charge is -2.35. The van der Waals surface area contributed by atoms with Crippen LogP contribution in [0.1, 0.15) is 43.6 Å². The molecule has 0 aliphatic heterocycles. The minimum Gasteiger partial charge on any atom is -0.358 e. The van der Waals surface area contributed by atoms with Crippen LogP contribution in [0.3, 0.4) is 0 Å². The van der Waals surface area contributed by atoms with Crippen LogP contribution in [-0.2, 0) is 0 Å². The zero-order valence-corrected chi connectivity index (χ0v) is 15.9. The number of thiocarbonyl (C=S) groups is 1. The van der Waals surface area contributed by atoms with Gasteiger partial charge in [0.2, 0.25) is 0 Å². The molecule has 4 N–H and O–H groups in total. The summed E-state index contributed by atoms with van der Waals surface area (Å²) in [5.74, 6) is 0.925. The summed E-state index contributed by atoms with van der Waals surface area (Å²) in [5.41, 5.74) is 7.45. The van der Waals surface area contributed by atoms with Crippen LogP contribution in [0, 0.1) is 11.8 Å². The van der Waals surface area contributed by atoms with E-state index in [0.717, 1.165) is 17.7 Å². The highest BCUT2D eigenvalue weighted by Gasteiger charge is 2.27. The lowest BCUT2D eigenvalue weighted by molar-refractivity contribution is 0.0938. The van der Waals surface area contributed by atoms with Crippen LogP contribution in [0.25, 0.3) is 11.3 Å². The first kappa shape index (κ1) is 18.4. The molecule has 7 heteroatoms. The lowest BCUT2D eigenvalue weighted by atomic mass is 9.78. The van der Waals surface area contributed by atoms with Crippen molar-refractivity contribution in [2.24, 2.45) is 11.8 Å². The number of aromatic amines is 1. The molecule has 1 fully saturated rings. The van der Waals surface area contributed by atoms with E-state index in [-0.39, 0.29) is 5.91 Å². The molecule has 1 saturated carbocycles. The average molecular weight is 372 g/mol. The third kappa shape index (κ3) is 4.40. The summed E-state index contributed by atoms with van der Waals surface area (Å²) in [5, 5.41) is 10.7. The standard InChI is InChI=1S/C19H25N5OS/c1-12-7-6-10-15(13(12)2)20-19(26)24-23-18(25)17-11-16(21-22-17)14-8-4-3-5-9-14/h3-5,8-9,11-13,15H,6-7,10H2,1-2H3,(H,21,22)(H,23,25)(H2,20,24,26)/t12-,13-,15-/m1/s1. The zero-order valence-electron chi connectivity index (χ0n) is 15.1. The maximum absolute atomic E-state index is 12.3. The van der Waals surface area contributed by atoms with Gasteiger partial charge in [-0.25, -0.2) is 0 Å². The van der Waals surface area contributed by atoms with Crippen molar-refractivity contribution < 1.29 is 4.79 Å². The number of hydrogen-bond donors (Lipinski definition) is 4. The molecule has 26 heavy (non-hydrogen) atoms. The van der Waals surface area contributed by atoms with Crippen molar-refractivity contribution in [2.75, 3.05) is 0 Å².